The van der Waals surface area contributed by atoms with Crippen LogP contribution in [0.1, 0.15) is 33.3 Å². The Hall–Kier alpha value is -1.91. The summed E-state index contributed by atoms with van der Waals surface area (Å²) in [6.07, 6.45) is 2.95. The van der Waals surface area contributed by atoms with Crippen molar-refractivity contribution in [3.63, 3.8) is 0 Å². The number of carbonyl (C=O) groups is 2. The zero-order valence-corrected chi connectivity index (χ0v) is 12.3. The van der Waals surface area contributed by atoms with Gasteiger partial charge in [-0.3, -0.25) is 14.6 Å². The maximum Gasteiger partial charge on any atom is 0.320 e. The minimum Gasteiger partial charge on any atom is -0.462 e. The molecule has 1 rings (SSSR count). The van der Waals surface area contributed by atoms with Crippen LogP contribution >= 0.6 is 0 Å². The number of rotatable bonds is 6. The van der Waals surface area contributed by atoms with Crippen molar-refractivity contribution in [2.45, 2.75) is 46.3 Å². The lowest BCUT2D eigenvalue weighted by molar-refractivity contribution is -0.166. The van der Waals surface area contributed by atoms with E-state index < -0.39 is 17.9 Å². The van der Waals surface area contributed by atoms with Gasteiger partial charge in [-0.2, -0.15) is 0 Å². The Morgan fingerprint density at radius 2 is 1.45 bits per heavy atom. The highest BCUT2D eigenvalue weighted by molar-refractivity contribution is 5.95. The first-order valence-electron chi connectivity index (χ1n) is 6.70. The van der Waals surface area contributed by atoms with Crippen molar-refractivity contribution in [2.24, 2.45) is 5.92 Å². The number of pyridine rings is 1. The van der Waals surface area contributed by atoms with Crippen molar-refractivity contribution in [2.75, 3.05) is 0 Å². The number of carbonyl (C=O) groups excluding carboxylic acids is 2. The van der Waals surface area contributed by atoms with Crippen LogP contribution in [0.4, 0.5) is 0 Å². The van der Waals surface area contributed by atoms with E-state index in [-0.39, 0.29) is 18.6 Å². The van der Waals surface area contributed by atoms with E-state index >= 15 is 0 Å². The molecule has 0 amide bonds. The standard InChI is InChI=1S/C15H21NO4/c1-10(2)19-14(17)13(15(18)20-11(3)4)9-12-5-7-16-8-6-12/h5-8,10-11,13H,9H2,1-4H3. The number of hydrogen-bond acceptors (Lipinski definition) is 5. The third-order valence-corrected chi connectivity index (χ3v) is 2.46. The van der Waals surface area contributed by atoms with Crippen LogP contribution in [-0.2, 0) is 25.5 Å². The molecule has 0 saturated heterocycles. The second-order valence-corrected chi connectivity index (χ2v) is 5.08. The summed E-state index contributed by atoms with van der Waals surface area (Å²) in [7, 11) is 0. The van der Waals surface area contributed by atoms with Gasteiger partial charge in [-0.15, -0.1) is 0 Å². The van der Waals surface area contributed by atoms with E-state index in [2.05, 4.69) is 4.98 Å². The molecule has 5 heteroatoms. The number of nitrogens with zero attached hydrogens (tertiary/aromatic N) is 1. The number of aromatic nitrogens is 1. The topological polar surface area (TPSA) is 65.5 Å². The molecule has 0 bridgehead atoms. The summed E-state index contributed by atoms with van der Waals surface area (Å²) in [4.78, 5) is 28.0. The number of hydrogen-bond donors (Lipinski definition) is 0. The third-order valence-electron chi connectivity index (χ3n) is 2.46. The zero-order chi connectivity index (χ0) is 15.1. The first kappa shape index (κ1) is 16.1. The first-order valence-corrected chi connectivity index (χ1v) is 6.70. The van der Waals surface area contributed by atoms with Crippen LogP contribution in [0.5, 0.6) is 0 Å². The van der Waals surface area contributed by atoms with Gasteiger partial charge in [0.2, 0.25) is 0 Å². The van der Waals surface area contributed by atoms with E-state index in [9.17, 15) is 9.59 Å². The van der Waals surface area contributed by atoms with Crippen molar-refractivity contribution >= 4 is 11.9 Å². The van der Waals surface area contributed by atoms with Gasteiger partial charge in [0.25, 0.3) is 0 Å². The molecule has 1 aromatic rings. The van der Waals surface area contributed by atoms with Crippen LogP contribution in [0, 0.1) is 5.92 Å². The fourth-order valence-electron chi connectivity index (χ4n) is 1.65. The second kappa shape index (κ2) is 7.62. The minimum atomic E-state index is -0.942. The van der Waals surface area contributed by atoms with Gasteiger partial charge in [0, 0.05) is 12.4 Å². The molecule has 0 aromatic carbocycles. The molecule has 0 fully saturated rings. The third kappa shape index (κ3) is 5.38. The predicted molar refractivity (Wildman–Crippen MR) is 73.9 cm³/mol. The van der Waals surface area contributed by atoms with E-state index in [4.69, 9.17) is 9.47 Å². The van der Waals surface area contributed by atoms with E-state index in [1.54, 1.807) is 52.2 Å². The smallest absolute Gasteiger partial charge is 0.320 e. The van der Waals surface area contributed by atoms with Crippen LogP contribution in [-0.4, -0.2) is 29.1 Å². The predicted octanol–water partition coefficient (Wildman–Crippen LogP) is 2.14. The van der Waals surface area contributed by atoms with E-state index in [0.717, 1.165) is 5.56 Å². The molecule has 0 atom stereocenters. The molecule has 1 heterocycles. The Morgan fingerprint density at radius 1 is 1.00 bits per heavy atom. The fourth-order valence-corrected chi connectivity index (χ4v) is 1.65. The van der Waals surface area contributed by atoms with Gasteiger partial charge >= 0.3 is 11.9 Å². The lowest BCUT2D eigenvalue weighted by Crippen LogP contribution is -2.32. The summed E-state index contributed by atoms with van der Waals surface area (Å²) in [5.41, 5.74) is 0.839. The van der Waals surface area contributed by atoms with Gasteiger partial charge in [-0.25, -0.2) is 0 Å². The summed E-state index contributed by atoms with van der Waals surface area (Å²) in [5.74, 6) is -2.05. The fraction of sp³-hybridized carbons (Fsp3) is 0.533. The molecule has 0 radical (unpaired) electrons. The van der Waals surface area contributed by atoms with Gasteiger partial charge in [0.15, 0.2) is 5.92 Å². The SMILES string of the molecule is CC(C)OC(=O)C(Cc1ccncc1)C(=O)OC(C)C. The molecule has 1 aromatic heterocycles. The molecule has 110 valence electrons. The Bertz CT molecular complexity index is 420. The molecule has 0 unspecified atom stereocenters. The molecular formula is C15H21NO4. The summed E-state index contributed by atoms with van der Waals surface area (Å²) in [5, 5.41) is 0. The van der Waals surface area contributed by atoms with Crippen LogP contribution in [0.2, 0.25) is 0 Å². The van der Waals surface area contributed by atoms with Crippen molar-refractivity contribution < 1.29 is 19.1 Å². The summed E-state index contributed by atoms with van der Waals surface area (Å²) in [6, 6.07) is 3.52. The molecule has 0 aliphatic heterocycles. The molecule has 0 saturated carbocycles. The van der Waals surface area contributed by atoms with Crippen LogP contribution in [0.25, 0.3) is 0 Å². The van der Waals surface area contributed by atoms with Gasteiger partial charge in [-0.1, -0.05) is 0 Å². The summed E-state index contributed by atoms with van der Waals surface area (Å²) >= 11 is 0. The monoisotopic (exact) mass is 279 g/mol. The molecule has 0 spiro atoms. The van der Waals surface area contributed by atoms with Gasteiger partial charge in [0.1, 0.15) is 0 Å². The average Bonchev–Trinajstić information content (AvgIpc) is 2.35. The Morgan fingerprint density at radius 3 is 1.85 bits per heavy atom. The average molecular weight is 279 g/mol. The van der Waals surface area contributed by atoms with Crippen LogP contribution in [0.15, 0.2) is 24.5 Å². The van der Waals surface area contributed by atoms with Gasteiger partial charge in [-0.05, 0) is 51.8 Å². The lowest BCUT2D eigenvalue weighted by atomic mass is 10.0. The zero-order valence-electron chi connectivity index (χ0n) is 12.3. The normalized spacial score (nSPS) is 10.9. The number of ether oxygens (including phenoxy) is 2. The first-order chi connectivity index (χ1) is 9.40. The van der Waals surface area contributed by atoms with Crippen LogP contribution < -0.4 is 0 Å². The highest BCUT2D eigenvalue weighted by Crippen LogP contribution is 2.14. The maximum atomic E-state index is 12.0. The van der Waals surface area contributed by atoms with E-state index in [1.165, 1.54) is 0 Å². The van der Waals surface area contributed by atoms with Crippen molar-refractivity contribution in [3.05, 3.63) is 30.1 Å². The van der Waals surface area contributed by atoms with Crippen molar-refractivity contribution in [1.29, 1.82) is 0 Å². The minimum absolute atomic E-state index is 0.250. The van der Waals surface area contributed by atoms with Crippen molar-refractivity contribution in [1.82, 2.24) is 4.98 Å². The number of esters is 2. The Labute approximate surface area is 119 Å². The largest absolute Gasteiger partial charge is 0.462 e. The quantitative estimate of drug-likeness (QED) is 0.589. The Balaban J connectivity index is 2.83. The van der Waals surface area contributed by atoms with E-state index in [0.29, 0.717) is 0 Å². The maximum absolute atomic E-state index is 12.0. The van der Waals surface area contributed by atoms with E-state index in [1.807, 2.05) is 0 Å². The van der Waals surface area contributed by atoms with Crippen LogP contribution in [0.3, 0.4) is 0 Å². The molecular weight excluding hydrogens is 258 g/mol. The summed E-state index contributed by atoms with van der Waals surface area (Å²) < 4.78 is 10.3. The van der Waals surface area contributed by atoms with Gasteiger partial charge < -0.3 is 9.47 Å². The Kier molecular flexibility index (Phi) is 6.15. The molecule has 0 aliphatic carbocycles. The highest BCUT2D eigenvalue weighted by atomic mass is 16.6. The molecule has 20 heavy (non-hydrogen) atoms. The molecule has 0 aliphatic rings. The summed E-state index contributed by atoms with van der Waals surface area (Å²) in [6.45, 7) is 6.98. The second-order valence-electron chi connectivity index (χ2n) is 5.08. The molecule has 0 N–H and O–H groups in total. The highest BCUT2D eigenvalue weighted by Gasteiger charge is 2.31. The van der Waals surface area contributed by atoms with Gasteiger partial charge in [0.05, 0.1) is 12.2 Å². The van der Waals surface area contributed by atoms with Crippen molar-refractivity contribution in [3.8, 4) is 0 Å². The lowest BCUT2D eigenvalue weighted by Gasteiger charge is -2.18. The molecule has 5 nitrogen and oxygen atoms in total.